The van der Waals surface area contributed by atoms with Gasteiger partial charge in [0.05, 0.1) is 27.7 Å². The van der Waals surface area contributed by atoms with Crippen LogP contribution >= 0.6 is 11.3 Å². The van der Waals surface area contributed by atoms with Crippen LogP contribution in [0.1, 0.15) is 29.6 Å². The van der Waals surface area contributed by atoms with Crippen LogP contribution in [0.15, 0.2) is 41.3 Å². The highest BCUT2D eigenvalue weighted by Gasteiger charge is 2.26. The van der Waals surface area contributed by atoms with Gasteiger partial charge in [0.1, 0.15) is 5.52 Å². The number of amides is 1. The van der Waals surface area contributed by atoms with Crippen molar-refractivity contribution < 1.29 is 22.9 Å². The molecule has 1 amide bonds. The lowest BCUT2D eigenvalue weighted by Gasteiger charge is -2.25. The van der Waals surface area contributed by atoms with Crippen molar-refractivity contribution in [1.29, 1.82) is 0 Å². The smallest absolute Gasteiger partial charge is 0.274 e. The Morgan fingerprint density at radius 1 is 1.19 bits per heavy atom. The van der Waals surface area contributed by atoms with Gasteiger partial charge in [0.15, 0.2) is 10.9 Å². The molecule has 0 saturated carbocycles. The number of carbonyl (C=O) groups excluding carboxylic acids is 1. The predicted molar refractivity (Wildman–Crippen MR) is 120 cm³/mol. The number of anilines is 1. The zero-order chi connectivity index (χ0) is 22.9. The van der Waals surface area contributed by atoms with Crippen LogP contribution in [-0.2, 0) is 10.0 Å². The van der Waals surface area contributed by atoms with Gasteiger partial charge in [-0.1, -0.05) is 17.8 Å². The third kappa shape index (κ3) is 4.29. The van der Waals surface area contributed by atoms with Gasteiger partial charge in [0.2, 0.25) is 10.0 Å². The van der Waals surface area contributed by atoms with E-state index >= 15 is 0 Å². The lowest BCUT2D eigenvalue weighted by molar-refractivity contribution is -0.384. The number of nitrogens with one attached hydrogen (secondary N) is 1. The van der Waals surface area contributed by atoms with Crippen molar-refractivity contribution in [2.75, 3.05) is 25.5 Å². The molecule has 0 atom stereocenters. The molecular weight excluding hydrogens is 456 g/mol. The summed E-state index contributed by atoms with van der Waals surface area (Å²) in [6.07, 6.45) is 2.71. The minimum atomic E-state index is -3.58. The van der Waals surface area contributed by atoms with Crippen molar-refractivity contribution in [2.45, 2.75) is 24.2 Å². The Kier molecular flexibility index (Phi) is 6.09. The van der Waals surface area contributed by atoms with E-state index in [-0.39, 0.29) is 27.0 Å². The maximum atomic E-state index is 12.8. The first-order valence-electron chi connectivity index (χ1n) is 9.84. The molecule has 0 bridgehead atoms. The topological polar surface area (TPSA) is 132 Å². The Bertz CT molecular complexity index is 1280. The number of sulfonamides is 1. The zero-order valence-corrected chi connectivity index (χ0v) is 18.7. The highest BCUT2D eigenvalue weighted by Crippen LogP contribution is 2.36. The maximum absolute atomic E-state index is 12.8. The molecule has 10 nitrogen and oxygen atoms in total. The zero-order valence-electron chi connectivity index (χ0n) is 17.1. The summed E-state index contributed by atoms with van der Waals surface area (Å²) in [6.45, 7) is 1.01. The largest absolute Gasteiger partial charge is 0.494 e. The van der Waals surface area contributed by atoms with E-state index in [0.29, 0.717) is 23.3 Å². The fourth-order valence-electron chi connectivity index (χ4n) is 3.50. The van der Waals surface area contributed by atoms with Gasteiger partial charge in [-0.25, -0.2) is 13.4 Å². The molecule has 1 aromatic heterocycles. The SMILES string of the molecule is COc1cc([N+](=O)[O-])cc2sc(NC(=O)c3ccc(S(=O)(=O)N4CCCCC4)cc3)nc12. The number of thiazole rings is 1. The molecule has 0 radical (unpaired) electrons. The Balaban J connectivity index is 1.54. The summed E-state index contributed by atoms with van der Waals surface area (Å²) in [5.74, 6) is -0.238. The lowest BCUT2D eigenvalue weighted by atomic mass is 10.2. The standard InChI is InChI=1S/C20H20N4O6S2/c1-30-16-11-14(24(26)27)12-17-18(16)21-20(31-17)22-19(25)13-5-7-15(8-6-13)32(28,29)23-9-3-2-4-10-23/h5-8,11-12H,2-4,9-10H2,1H3,(H,21,22,25). The predicted octanol–water partition coefficient (Wildman–Crippen LogP) is 3.64. The first-order valence-corrected chi connectivity index (χ1v) is 12.1. The summed E-state index contributed by atoms with van der Waals surface area (Å²) in [5.41, 5.74) is 0.530. The molecule has 4 rings (SSSR count). The number of rotatable bonds is 6. The quantitative estimate of drug-likeness (QED) is 0.424. The molecule has 1 aliphatic heterocycles. The third-order valence-corrected chi connectivity index (χ3v) is 8.00. The number of ether oxygens (including phenoxy) is 1. The van der Waals surface area contributed by atoms with Crippen molar-refractivity contribution >= 4 is 48.3 Å². The Labute approximate surface area is 188 Å². The van der Waals surface area contributed by atoms with Crippen LogP contribution in [0.5, 0.6) is 5.75 Å². The van der Waals surface area contributed by atoms with Gasteiger partial charge in [-0.05, 0) is 37.1 Å². The Morgan fingerprint density at radius 3 is 2.50 bits per heavy atom. The van der Waals surface area contributed by atoms with Gasteiger partial charge >= 0.3 is 0 Å². The second-order valence-corrected chi connectivity index (χ2v) is 10.2. The maximum Gasteiger partial charge on any atom is 0.274 e. The number of nitro benzene ring substituents is 1. The summed E-state index contributed by atoms with van der Waals surface area (Å²) >= 11 is 1.08. The minimum absolute atomic E-state index is 0.138. The number of aromatic nitrogens is 1. The normalized spacial score (nSPS) is 14.9. The average molecular weight is 477 g/mol. The number of hydrogen-bond donors (Lipinski definition) is 1. The fourth-order valence-corrected chi connectivity index (χ4v) is 5.93. The van der Waals surface area contributed by atoms with Crippen molar-refractivity contribution in [3.63, 3.8) is 0 Å². The number of nitrogens with zero attached hydrogens (tertiary/aromatic N) is 3. The van der Waals surface area contributed by atoms with Crippen molar-refractivity contribution in [3.05, 3.63) is 52.1 Å². The summed E-state index contributed by atoms with van der Waals surface area (Å²) in [6, 6.07) is 8.38. The molecular formula is C20H20N4O6S2. The molecule has 168 valence electrons. The highest BCUT2D eigenvalue weighted by molar-refractivity contribution is 7.89. The van der Waals surface area contributed by atoms with Crippen molar-refractivity contribution in [1.82, 2.24) is 9.29 Å². The van der Waals surface area contributed by atoms with E-state index in [1.165, 1.54) is 47.8 Å². The van der Waals surface area contributed by atoms with E-state index in [1.54, 1.807) is 0 Å². The summed E-state index contributed by atoms with van der Waals surface area (Å²) in [5, 5.41) is 14.0. The van der Waals surface area contributed by atoms with E-state index in [2.05, 4.69) is 10.3 Å². The monoisotopic (exact) mass is 476 g/mol. The van der Waals surface area contributed by atoms with Gasteiger partial charge in [-0.3, -0.25) is 20.2 Å². The third-order valence-electron chi connectivity index (χ3n) is 5.17. The number of benzene rings is 2. The molecule has 1 aliphatic rings. The molecule has 2 heterocycles. The number of methoxy groups -OCH3 is 1. The van der Waals surface area contributed by atoms with E-state index < -0.39 is 20.9 Å². The number of piperidine rings is 1. The van der Waals surface area contributed by atoms with E-state index in [9.17, 15) is 23.3 Å². The van der Waals surface area contributed by atoms with Crippen molar-refractivity contribution in [3.8, 4) is 5.75 Å². The van der Waals surface area contributed by atoms with Crippen LogP contribution in [0.3, 0.4) is 0 Å². The number of carbonyl (C=O) groups is 1. The van der Waals surface area contributed by atoms with Gasteiger partial charge < -0.3 is 4.74 Å². The first kappa shape index (κ1) is 22.1. The van der Waals surface area contributed by atoms with Crippen LogP contribution in [0.4, 0.5) is 10.8 Å². The van der Waals surface area contributed by atoms with Gasteiger partial charge in [-0.15, -0.1) is 0 Å². The molecule has 1 saturated heterocycles. The fraction of sp³-hybridized carbons (Fsp3) is 0.300. The van der Waals surface area contributed by atoms with Crippen LogP contribution < -0.4 is 10.1 Å². The highest BCUT2D eigenvalue weighted by atomic mass is 32.2. The Hall–Kier alpha value is -3.09. The van der Waals surface area contributed by atoms with E-state index in [1.807, 2.05) is 0 Å². The lowest BCUT2D eigenvalue weighted by Crippen LogP contribution is -2.35. The van der Waals surface area contributed by atoms with Gasteiger partial charge in [-0.2, -0.15) is 4.31 Å². The molecule has 1 fully saturated rings. The number of hydrogen-bond acceptors (Lipinski definition) is 8. The summed E-state index contributed by atoms with van der Waals surface area (Å²) in [7, 11) is -2.19. The molecule has 0 aliphatic carbocycles. The molecule has 2 aromatic carbocycles. The van der Waals surface area contributed by atoms with Gasteiger partial charge in [0, 0.05) is 24.7 Å². The number of fused-ring (bicyclic) bond motifs is 1. The van der Waals surface area contributed by atoms with Crippen LogP contribution in [0.2, 0.25) is 0 Å². The molecule has 0 unspecified atom stereocenters. The number of non-ortho nitro benzene ring substituents is 1. The second kappa shape index (κ2) is 8.81. The van der Waals surface area contributed by atoms with E-state index in [4.69, 9.17) is 4.74 Å². The van der Waals surface area contributed by atoms with Crippen LogP contribution in [0.25, 0.3) is 10.2 Å². The van der Waals surface area contributed by atoms with E-state index in [0.717, 1.165) is 30.6 Å². The summed E-state index contributed by atoms with van der Waals surface area (Å²) in [4.78, 5) is 27.7. The molecule has 1 N–H and O–H groups in total. The average Bonchev–Trinajstić information content (AvgIpc) is 3.21. The van der Waals surface area contributed by atoms with Crippen LogP contribution in [0, 0.1) is 10.1 Å². The Morgan fingerprint density at radius 2 is 1.88 bits per heavy atom. The van der Waals surface area contributed by atoms with Crippen molar-refractivity contribution in [2.24, 2.45) is 0 Å². The summed E-state index contributed by atoms with van der Waals surface area (Å²) < 4.78 is 32.7. The van der Waals surface area contributed by atoms with Gasteiger partial charge in [0.25, 0.3) is 11.6 Å². The van der Waals surface area contributed by atoms with Crippen LogP contribution in [-0.4, -0.2) is 48.7 Å². The molecule has 0 spiro atoms. The second-order valence-electron chi connectivity index (χ2n) is 7.21. The number of nitro groups is 1. The first-order chi connectivity index (χ1) is 15.3. The molecule has 12 heteroatoms. The minimum Gasteiger partial charge on any atom is -0.494 e. The molecule has 32 heavy (non-hydrogen) atoms. The molecule has 3 aromatic rings.